The van der Waals surface area contributed by atoms with Gasteiger partial charge in [-0.05, 0) is 37.1 Å². The topological polar surface area (TPSA) is 84.9 Å². The fraction of sp³-hybridized carbons (Fsp3) is 0.429. The molecule has 1 aromatic rings. The van der Waals surface area contributed by atoms with Gasteiger partial charge in [0.1, 0.15) is 5.75 Å². The van der Waals surface area contributed by atoms with E-state index in [1.54, 1.807) is 18.2 Å². The van der Waals surface area contributed by atoms with Crippen LogP contribution < -0.4 is 10.1 Å². The molecule has 1 fully saturated rings. The number of carboxylic acid groups (broad SMARTS) is 1. The molecule has 1 heterocycles. The summed E-state index contributed by atoms with van der Waals surface area (Å²) in [6.45, 7) is 2.53. The van der Waals surface area contributed by atoms with Crippen molar-refractivity contribution in [3.8, 4) is 5.75 Å². The molecule has 20 heavy (non-hydrogen) atoms. The van der Waals surface area contributed by atoms with E-state index < -0.39 is 5.97 Å². The van der Waals surface area contributed by atoms with E-state index in [4.69, 9.17) is 14.6 Å². The third-order valence-corrected chi connectivity index (χ3v) is 3.12. The first-order valence-electron chi connectivity index (χ1n) is 6.40. The number of aryl methyl sites for hydroxylation is 1. The summed E-state index contributed by atoms with van der Waals surface area (Å²) >= 11 is 0. The number of carbonyl (C=O) groups is 2. The third kappa shape index (κ3) is 3.71. The Morgan fingerprint density at radius 2 is 2.30 bits per heavy atom. The zero-order valence-corrected chi connectivity index (χ0v) is 11.2. The van der Waals surface area contributed by atoms with Gasteiger partial charge in [-0.1, -0.05) is 0 Å². The van der Waals surface area contributed by atoms with Crippen LogP contribution in [0.15, 0.2) is 18.2 Å². The third-order valence-electron chi connectivity index (χ3n) is 3.12. The van der Waals surface area contributed by atoms with E-state index in [1.165, 1.54) is 0 Å². The SMILES string of the molecule is Cc1cc(OCC(=O)O)ccc1NC(=O)C1CCOC1. The quantitative estimate of drug-likeness (QED) is 0.851. The van der Waals surface area contributed by atoms with E-state index in [2.05, 4.69) is 5.32 Å². The van der Waals surface area contributed by atoms with Gasteiger partial charge in [0, 0.05) is 12.3 Å². The number of carboxylic acids is 1. The molecule has 1 amide bonds. The molecule has 1 aliphatic rings. The smallest absolute Gasteiger partial charge is 0.341 e. The van der Waals surface area contributed by atoms with Gasteiger partial charge in [-0.25, -0.2) is 4.79 Å². The molecule has 0 aliphatic carbocycles. The van der Waals surface area contributed by atoms with Crippen molar-refractivity contribution < 1.29 is 24.2 Å². The fourth-order valence-electron chi connectivity index (χ4n) is 1.99. The van der Waals surface area contributed by atoms with E-state index in [1.807, 2.05) is 6.92 Å². The fourth-order valence-corrected chi connectivity index (χ4v) is 1.99. The van der Waals surface area contributed by atoms with Crippen molar-refractivity contribution in [3.63, 3.8) is 0 Å². The molecule has 1 aliphatic heterocycles. The molecule has 108 valence electrons. The van der Waals surface area contributed by atoms with E-state index >= 15 is 0 Å². The first kappa shape index (κ1) is 14.3. The van der Waals surface area contributed by atoms with Crippen molar-refractivity contribution in [1.29, 1.82) is 0 Å². The van der Waals surface area contributed by atoms with Crippen LogP contribution in [0, 0.1) is 12.8 Å². The Bertz CT molecular complexity index is 508. The molecule has 0 radical (unpaired) electrons. The number of nitrogens with one attached hydrogen (secondary N) is 1. The molecule has 0 spiro atoms. The molecular weight excluding hydrogens is 262 g/mol. The second kappa shape index (κ2) is 6.38. The van der Waals surface area contributed by atoms with Gasteiger partial charge in [0.05, 0.1) is 12.5 Å². The Kier molecular flexibility index (Phi) is 4.57. The molecule has 0 saturated carbocycles. The van der Waals surface area contributed by atoms with E-state index in [0.29, 0.717) is 24.7 Å². The maximum absolute atomic E-state index is 12.0. The Morgan fingerprint density at radius 3 is 2.90 bits per heavy atom. The van der Waals surface area contributed by atoms with Crippen molar-refractivity contribution in [1.82, 2.24) is 0 Å². The van der Waals surface area contributed by atoms with Gasteiger partial charge in [0.15, 0.2) is 6.61 Å². The largest absolute Gasteiger partial charge is 0.482 e. The van der Waals surface area contributed by atoms with Crippen LogP contribution in [-0.2, 0) is 14.3 Å². The van der Waals surface area contributed by atoms with Crippen molar-refractivity contribution >= 4 is 17.6 Å². The molecule has 1 unspecified atom stereocenters. The summed E-state index contributed by atoms with van der Waals surface area (Å²) in [5, 5.41) is 11.4. The number of ether oxygens (including phenoxy) is 2. The second-order valence-corrected chi connectivity index (χ2v) is 4.71. The van der Waals surface area contributed by atoms with E-state index in [-0.39, 0.29) is 18.4 Å². The molecular formula is C14H17NO5. The van der Waals surface area contributed by atoms with Crippen LogP contribution >= 0.6 is 0 Å². The van der Waals surface area contributed by atoms with E-state index in [0.717, 1.165) is 12.0 Å². The van der Waals surface area contributed by atoms with Gasteiger partial charge in [-0.3, -0.25) is 4.79 Å². The van der Waals surface area contributed by atoms with Crippen molar-refractivity contribution in [2.75, 3.05) is 25.1 Å². The summed E-state index contributed by atoms with van der Waals surface area (Å²) in [5.41, 5.74) is 1.52. The summed E-state index contributed by atoms with van der Waals surface area (Å²) in [7, 11) is 0. The first-order valence-corrected chi connectivity index (χ1v) is 6.40. The van der Waals surface area contributed by atoms with Gasteiger partial charge in [-0.2, -0.15) is 0 Å². The molecule has 1 aromatic carbocycles. The Labute approximate surface area is 116 Å². The number of carbonyl (C=O) groups excluding carboxylic acids is 1. The van der Waals surface area contributed by atoms with Gasteiger partial charge in [0.25, 0.3) is 0 Å². The number of anilines is 1. The lowest BCUT2D eigenvalue weighted by Gasteiger charge is -2.13. The molecule has 6 nitrogen and oxygen atoms in total. The van der Waals surface area contributed by atoms with Gasteiger partial charge in [0.2, 0.25) is 5.91 Å². The van der Waals surface area contributed by atoms with Gasteiger partial charge >= 0.3 is 5.97 Å². The lowest BCUT2D eigenvalue weighted by molar-refractivity contribution is -0.139. The second-order valence-electron chi connectivity index (χ2n) is 4.71. The standard InChI is InChI=1S/C14H17NO5/c1-9-6-11(20-8-13(16)17)2-3-12(9)15-14(18)10-4-5-19-7-10/h2-3,6,10H,4-5,7-8H2,1H3,(H,15,18)(H,16,17). The molecule has 2 N–H and O–H groups in total. The predicted octanol–water partition coefficient (Wildman–Crippen LogP) is 1.43. The zero-order valence-electron chi connectivity index (χ0n) is 11.2. The summed E-state index contributed by atoms with van der Waals surface area (Å²) < 4.78 is 10.3. The van der Waals surface area contributed by atoms with Gasteiger partial charge < -0.3 is 19.9 Å². The Morgan fingerprint density at radius 1 is 1.50 bits per heavy atom. The Hall–Kier alpha value is -2.08. The lowest BCUT2D eigenvalue weighted by Crippen LogP contribution is -2.23. The van der Waals surface area contributed by atoms with Crippen molar-refractivity contribution in [2.24, 2.45) is 5.92 Å². The number of aliphatic carboxylic acids is 1. The van der Waals surface area contributed by atoms with Crippen molar-refractivity contribution in [3.05, 3.63) is 23.8 Å². The van der Waals surface area contributed by atoms with Crippen LogP contribution in [0.4, 0.5) is 5.69 Å². The van der Waals surface area contributed by atoms with Crippen molar-refractivity contribution in [2.45, 2.75) is 13.3 Å². The highest BCUT2D eigenvalue weighted by atomic mass is 16.5. The van der Waals surface area contributed by atoms with Crippen LogP contribution in [0.3, 0.4) is 0 Å². The minimum atomic E-state index is -1.03. The van der Waals surface area contributed by atoms with Crippen LogP contribution in [-0.4, -0.2) is 36.8 Å². The number of benzene rings is 1. The van der Waals surface area contributed by atoms with Crippen LogP contribution in [0.5, 0.6) is 5.75 Å². The molecule has 0 bridgehead atoms. The molecule has 1 saturated heterocycles. The number of hydrogen-bond acceptors (Lipinski definition) is 4. The highest BCUT2D eigenvalue weighted by Gasteiger charge is 2.23. The summed E-state index contributed by atoms with van der Waals surface area (Å²) in [4.78, 5) is 22.4. The normalized spacial score (nSPS) is 17.8. The Balaban J connectivity index is 1.98. The average molecular weight is 279 g/mol. The van der Waals surface area contributed by atoms with Gasteiger partial charge in [-0.15, -0.1) is 0 Å². The minimum Gasteiger partial charge on any atom is -0.482 e. The summed E-state index contributed by atoms with van der Waals surface area (Å²) in [6.07, 6.45) is 0.741. The maximum atomic E-state index is 12.0. The molecule has 0 aromatic heterocycles. The minimum absolute atomic E-state index is 0.0511. The highest BCUT2D eigenvalue weighted by molar-refractivity contribution is 5.93. The van der Waals surface area contributed by atoms with E-state index in [9.17, 15) is 9.59 Å². The predicted molar refractivity (Wildman–Crippen MR) is 71.9 cm³/mol. The number of amides is 1. The summed E-state index contributed by atoms with van der Waals surface area (Å²) in [5.74, 6) is -0.712. The lowest BCUT2D eigenvalue weighted by atomic mass is 10.1. The zero-order chi connectivity index (χ0) is 14.5. The molecule has 6 heteroatoms. The molecule has 1 atom stereocenters. The van der Waals surface area contributed by atoms with Crippen LogP contribution in [0.25, 0.3) is 0 Å². The number of hydrogen-bond donors (Lipinski definition) is 2. The average Bonchev–Trinajstić information content (AvgIpc) is 2.93. The highest BCUT2D eigenvalue weighted by Crippen LogP contribution is 2.23. The maximum Gasteiger partial charge on any atom is 0.341 e. The molecule has 2 rings (SSSR count). The summed E-state index contributed by atoms with van der Waals surface area (Å²) in [6, 6.07) is 5.04. The van der Waals surface area contributed by atoms with Crippen LogP contribution in [0.1, 0.15) is 12.0 Å². The first-order chi connectivity index (χ1) is 9.56. The van der Waals surface area contributed by atoms with Crippen LogP contribution in [0.2, 0.25) is 0 Å². The monoisotopic (exact) mass is 279 g/mol. The number of rotatable bonds is 5.